The number of nitrogens with two attached hydrogens (primary N) is 2. The van der Waals surface area contributed by atoms with Crippen molar-refractivity contribution in [2.24, 2.45) is 11.5 Å². The second kappa shape index (κ2) is 7.36. The number of carbonyl (C=O) groups is 2. The average Bonchev–Trinajstić information content (AvgIpc) is 2.63. The monoisotopic (exact) mass is 338 g/mol. The summed E-state index contributed by atoms with van der Waals surface area (Å²) in [6.45, 7) is 4.48. The summed E-state index contributed by atoms with van der Waals surface area (Å²) in [5, 5.41) is 0. The Labute approximate surface area is 147 Å². The van der Waals surface area contributed by atoms with E-state index in [0.29, 0.717) is 11.1 Å². The molecule has 25 heavy (non-hydrogen) atoms. The van der Waals surface area contributed by atoms with E-state index in [1.54, 1.807) is 18.2 Å². The summed E-state index contributed by atoms with van der Waals surface area (Å²) in [6, 6.07) is 14.9. The molecule has 0 aliphatic carbocycles. The summed E-state index contributed by atoms with van der Waals surface area (Å²) in [7, 11) is 0. The van der Waals surface area contributed by atoms with Crippen molar-refractivity contribution in [3.8, 4) is 0 Å². The highest BCUT2D eigenvalue weighted by Gasteiger charge is 2.17. The van der Waals surface area contributed by atoms with Crippen LogP contribution in [0.15, 0.2) is 48.5 Å². The lowest BCUT2D eigenvalue weighted by Gasteiger charge is -2.36. The quantitative estimate of drug-likeness (QED) is 0.857. The van der Waals surface area contributed by atoms with Gasteiger partial charge in [0.05, 0.1) is 0 Å². The van der Waals surface area contributed by atoms with Crippen molar-refractivity contribution >= 4 is 17.5 Å². The van der Waals surface area contributed by atoms with E-state index in [9.17, 15) is 9.59 Å². The van der Waals surface area contributed by atoms with Gasteiger partial charge < -0.3 is 16.4 Å². The number of hydrogen-bond acceptors (Lipinski definition) is 4. The zero-order valence-corrected chi connectivity index (χ0v) is 14.0. The molecule has 1 saturated heterocycles. The molecule has 6 nitrogen and oxygen atoms in total. The summed E-state index contributed by atoms with van der Waals surface area (Å²) in [6.07, 6.45) is 0. The lowest BCUT2D eigenvalue weighted by atomic mass is 10.1. The molecule has 1 heterocycles. The van der Waals surface area contributed by atoms with Crippen molar-refractivity contribution in [1.82, 2.24) is 4.90 Å². The minimum absolute atomic E-state index is 0.397. The number of piperazine rings is 1. The van der Waals surface area contributed by atoms with E-state index in [4.69, 9.17) is 11.5 Å². The van der Waals surface area contributed by atoms with Crippen LogP contribution < -0.4 is 16.4 Å². The normalized spacial score (nSPS) is 15.1. The maximum atomic E-state index is 11.3. The molecule has 0 radical (unpaired) electrons. The Kier molecular flexibility index (Phi) is 5.00. The first-order valence-electron chi connectivity index (χ1n) is 8.29. The van der Waals surface area contributed by atoms with Crippen molar-refractivity contribution < 1.29 is 9.59 Å². The molecule has 0 spiro atoms. The number of nitrogens with zero attached hydrogens (tertiary/aromatic N) is 2. The average molecular weight is 338 g/mol. The van der Waals surface area contributed by atoms with Gasteiger partial charge in [-0.25, -0.2) is 0 Å². The molecular weight excluding hydrogens is 316 g/mol. The maximum absolute atomic E-state index is 11.3. The summed E-state index contributed by atoms with van der Waals surface area (Å²) < 4.78 is 0. The molecule has 6 heteroatoms. The number of carbonyl (C=O) groups excluding carboxylic acids is 2. The zero-order valence-electron chi connectivity index (χ0n) is 14.0. The fourth-order valence-electron chi connectivity index (χ4n) is 3.08. The van der Waals surface area contributed by atoms with Crippen molar-refractivity contribution in [3.05, 3.63) is 65.2 Å². The molecule has 0 unspecified atom stereocenters. The fraction of sp³-hybridized carbons (Fsp3) is 0.263. The fourth-order valence-corrected chi connectivity index (χ4v) is 3.08. The Hall–Kier alpha value is -2.86. The molecule has 2 aromatic rings. The van der Waals surface area contributed by atoms with Gasteiger partial charge in [0, 0.05) is 49.5 Å². The van der Waals surface area contributed by atoms with E-state index in [1.807, 2.05) is 30.3 Å². The van der Waals surface area contributed by atoms with Gasteiger partial charge in [-0.2, -0.15) is 0 Å². The molecule has 1 aliphatic rings. The number of primary amides is 2. The number of hydrogen-bond donors (Lipinski definition) is 2. The largest absolute Gasteiger partial charge is 0.369 e. The van der Waals surface area contributed by atoms with Crippen LogP contribution in [0.4, 0.5) is 5.69 Å². The SMILES string of the molecule is NC(=O)c1ccc(N2CCN(Cc3cccc(C(N)=O)c3)CC2)cc1. The van der Waals surface area contributed by atoms with Gasteiger partial charge >= 0.3 is 0 Å². The molecule has 1 fully saturated rings. The number of rotatable bonds is 5. The molecule has 1 aliphatic heterocycles. The molecule has 3 rings (SSSR count). The van der Waals surface area contributed by atoms with Crippen LogP contribution in [-0.2, 0) is 6.54 Å². The maximum Gasteiger partial charge on any atom is 0.248 e. The van der Waals surface area contributed by atoms with Crippen LogP contribution in [0.1, 0.15) is 26.3 Å². The third kappa shape index (κ3) is 4.16. The van der Waals surface area contributed by atoms with Crippen molar-refractivity contribution in [2.75, 3.05) is 31.1 Å². The summed E-state index contributed by atoms with van der Waals surface area (Å²) in [5.74, 6) is -0.805. The summed E-state index contributed by atoms with van der Waals surface area (Å²) >= 11 is 0. The third-order valence-electron chi connectivity index (χ3n) is 4.51. The van der Waals surface area contributed by atoms with E-state index in [-0.39, 0.29) is 0 Å². The number of anilines is 1. The van der Waals surface area contributed by atoms with Gasteiger partial charge in [-0.1, -0.05) is 12.1 Å². The first kappa shape index (κ1) is 17.0. The molecule has 2 amide bonds. The van der Waals surface area contributed by atoms with Crippen molar-refractivity contribution in [2.45, 2.75) is 6.54 Å². The van der Waals surface area contributed by atoms with Crippen LogP contribution in [0.3, 0.4) is 0 Å². The smallest absolute Gasteiger partial charge is 0.248 e. The molecule has 0 saturated carbocycles. The van der Waals surface area contributed by atoms with Crippen molar-refractivity contribution in [3.63, 3.8) is 0 Å². The number of amides is 2. The highest BCUT2D eigenvalue weighted by Crippen LogP contribution is 2.18. The lowest BCUT2D eigenvalue weighted by Crippen LogP contribution is -2.46. The van der Waals surface area contributed by atoms with Gasteiger partial charge in [0.2, 0.25) is 11.8 Å². The Morgan fingerprint density at radius 2 is 1.48 bits per heavy atom. The lowest BCUT2D eigenvalue weighted by molar-refractivity contribution is 0.0991. The van der Waals surface area contributed by atoms with E-state index < -0.39 is 11.8 Å². The first-order valence-corrected chi connectivity index (χ1v) is 8.29. The van der Waals surface area contributed by atoms with Crippen LogP contribution in [0.25, 0.3) is 0 Å². The molecule has 2 aromatic carbocycles. The standard InChI is InChI=1S/C19H22N4O2/c20-18(24)15-4-6-17(7-5-15)23-10-8-22(9-11-23)13-14-2-1-3-16(12-14)19(21)25/h1-7,12H,8-11,13H2,(H2,20,24)(H2,21,25). The van der Waals surface area contributed by atoms with Gasteiger partial charge in [-0.15, -0.1) is 0 Å². The van der Waals surface area contributed by atoms with E-state index in [1.165, 1.54) is 0 Å². The van der Waals surface area contributed by atoms with Gasteiger partial charge in [0.25, 0.3) is 0 Å². The van der Waals surface area contributed by atoms with Crippen LogP contribution >= 0.6 is 0 Å². The topological polar surface area (TPSA) is 92.7 Å². The van der Waals surface area contributed by atoms with Gasteiger partial charge in [0.15, 0.2) is 0 Å². The van der Waals surface area contributed by atoms with Crippen molar-refractivity contribution in [1.29, 1.82) is 0 Å². The Balaban J connectivity index is 1.57. The Morgan fingerprint density at radius 3 is 2.08 bits per heavy atom. The van der Waals surface area contributed by atoms with Gasteiger partial charge in [0.1, 0.15) is 0 Å². The van der Waals surface area contributed by atoms with Gasteiger partial charge in [-0.05, 0) is 42.0 Å². The molecule has 0 bridgehead atoms. The second-order valence-corrected chi connectivity index (χ2v) is 6.24. The first-order chi connectivity index (χ1) is 12.0. The highest BCUT2D eigenvalue weighted by atomic mass is 16.1. The van der Waals surface area contributed by atoms with Crippen LogP contribution in [0, 0.1) is 0 Å². The highest BCUT2D eigenvalue weighted by molar-refractivity contribution is 5.93. The number of benzene rings is 2. The Morgan fingerprint density at radius 1 is 0.840 bits per heavy atom. The minimum Gasteiger partial charge on any atom is -0.369 e. The third-order valence-corrected chi connectivity index (χ3v) is 4.51. The molecule has 0 aromatic heterocycles. The minimum atomic E-state index is -0.408. The van der Waals surface area contributed by atoms with Crippen LogP contribution in [0.5, 0.6) is 0 Å². The summed E-state index contributed by atoms with van der Waals surface area (Å²) in [4.78, 5) is 27.1. The van der Waals surface area contributed by atoms with Gasteiger partial charge in [-0.3, -0.25) is 14.5 Å². The Bertz CT molecular complexity index is 765. The second-order valence-electron chi connectivity index (χ2n) is 6.24. The van der Waals surface area contributed by atoms with Crippen LogP contribution in [0.2, 0.25) is 0 Å². The molecule has 130 valence electrons. The zero-order chi connectivity index (χ0) is 17.8. The van der Waals surface area contributed by atoms with E-state index in [0.717, 1.165) is 44.0 Å². The molecular formula is C19H22N4O2. The van der Waals surface area contributed by atoms with E-state index >= 15 is 0 Å². The summed E-state index contributed by atoms with van der Waals surface area (Å²) in [5.41, 5.74) is 13.9. The molecule has 4 N–H and O–H groups in total. The van der Waals surface area contributed by atoms with E-state index in [2.05, 4.69) is 9.80 Å². The predicted octanol–water partition coefficient (Wildman–Crippen LogP) is 1.21. The van der Waals surface area contributed by atoms with Crippen LogP contribution in [-0.4, -0.2) is 42.9 Å². The predicted molar refractivity (Wildman–Crippen MR) is 97.4 cm³/mol. The molecule has 0 atom stereocenters.